The highest BCUT2D eigenvalue weighted by Crippen LogP contribution is 2.47. The van der Waals surface area contributed by atoms with E-state index in [1.54, 1.807) is 6.92 Å². The molecule has 0 amide bonds. The molecule has 0 saturated carbocycles. The van der Waals surface area contributed by atoms with Crippen molar-refractivity contribution in [2.45, 2.75) is 31.6 Å². The predicted octanol–water partition coefficient (Wildman–Crippen LogP) is 4.14. The van der Waals surface area contributed by atoms with Gasteiger partial charge in [0.1, 0.15) is 0 Å². The molecule has 1 aliphatic carbocycles. The van der Waals surface area contributed by atoms with Crippen LogP contribution in [-0.2, 0) is 4.79 Å². The number of thioether (sulfide) groups is 1. The second-order valence-corrected chi connectivity index (χ2v) is 5.98. The second-order valence-electron chi connectivity index (χ2n) is 4.85. The first-order valence-corrected chi connectivity index (χ1v) is 7.51. The van der Waals surface area contributed by atoms with Crippen LogP contribution in [-0.4, -0.2) is 12.3 Å². The number of carbonyl (C=O) groups is 1. The van der Waals surface area contributed by atoms with E-state index >= 15 is 0 Å². The summed E-state index contributed by atoms with van der Waals surface area (Å²) in [5.41, 5.74) is 3.44. The Labute approximate surface area is 118 Å². The van der Waals surface area contributed by atoms with Crippen LogP contribution >= 0.6 is 11.8 Å². The Hall–Kier alpha value is -1.48. The largest absolute Gasteiger partial charge is 0.340 e. The number of ketones is 1. The number of fused-ring (bicyclic) bond motifs is 1. The predicted molar refractivity (Wildman–Crippen MR) is 80.3 cm³/mol. The Morgan fingerprint density at radius 2 is 2.11 bits per heavy atom. The Bertz CT molecular complexity index is 601. The van der Waals surface area contributed by atoms with Crippen molar-refractivity contribution in [2.75, 3.05) is 11.4 Å². The molecule has 3 heteroatoms. The minimum atomic E-state index is 0.200. The molecule has 0 aromatic heterocycles. The summed E-state index contributed by atoms with van der Waals surface area (Å²) in [7, 11) is 0. The van der Waals surface area contributed by atoms with Crippen LogP contribution in [0.4, 0.5) is 5.69 Å². The van der Waals surface area contributed by atoms with E-state index in [0.717, 1.165) is 25.0 Å². The van der Waals surface area contributed by atoms with Crippen molar-refractivity contribution in [3.8, 4) is 0 Å². The number of allylic oxidation sites excluding steroid dienone is 3. The zero-order chi connectivity index (χ0) is 13.4. The average molecular weight is 271 g/mol. The van der Waals surface area contributed by atoms with E-state index in [4.69, 9.17) is 0 Å². The zero-order valence-electron chi connectivity index (χ0n) is 11.3. The van der Waals surface area contributed by atoms with Crippen LogP contribution in [0.1, 0.15) is 26.7 Å². The van der Waals surface area contributed by atoms with Crippen LogP contribution in [0.15, 0.2) is 51.4 Å². The molecule has 0 fully saturated rings. The lowest BCUT2D eigenvalue weighted by Gasteiger charge is -2.35. The third kappa shape index (κ3) is 2.12. The smallest absolute Gasteiger partial charge is 0.155 e. The van der Waals surface area contributed by atoms with Gasteiger partial charge < -0.3 is 4.90 Å². The molecule has 1 aliphatic heterocycles. The molecule has 0 atom stereocenters. The minimum absolute atomic E-state index is 0.200. The molecule has 2 nitrogen and oxygen atoms in total. The van der Waals surface area contributed by atoms with Crippen LogP contribution in [0.3, 0.4) is 0 Å². The summed E-state index contributed by atoms with van der Waals surface area (Å²) in [5.74, 6) is 0.200. The standard InChI is InChI=1S/C16H17NOS/c1-3-17-13-6-4-5-7-15(13)19-16-9-8-12(11(2)18)10-14(16)17/h4-7,10H,3,8-9H2,1-2H3. The molecule has 0 unspecified atom stereocenters. The van der Waals surface area contributed by atoms with Crippen LogP contribution in [0.5, 0.6) is 0 Å². The molecule has 3 rings (SSSR count). The summed E-state index contributed by atoms with van der Waals surface area (Å²) in [5, 5.41) is 0. The minimum Gasteiger partial charge on any atom is -0.340 e. The molecule has 1 heterocycles. The van der Waals surface area contributed by atoms with E-state index in [0.29, 0.717) is 0 Å². The lowest BCUT2D eigenvalue weighted by molar-refractivity contribution is -0.113. The maximum atomic E-state index is 11.6. The highest BCUT2D eigenvalue weighted by molar-refractivity contribution is 8.03. The number of hydrogen-bond acceptors (Lipinski definition) is 3. The van der Waals surface area contributed by atoms with E-state index in [2.05, 4.69) is 42.2 Å². The molecule has 19 heavy (non-hydrogen) atoms. The van der Waals surface area contributed by atoms with Crippen molar-refractivity contribution in [3.63, 3.8) is 0 Å². The molecular weight excluding hydrogens is 254 g/mol. The van der Waals surface area contributed by atoms with E-state index in [1.807, 2.05) is 11.8 Å². The van der Waals surface area contributed by atoms with E-state index < -0.39 is 0 Å². The average Bonchev–Trinajstić information content (AvgIpc) is 2.44. The Morgan fingerprint density at radius 3 is 2.84 bits per heavy atom. The van der Waals surface area contributed by atoms with Crippen molar-refractivity contribution in [1.82, 2.24) is 0 Å². The fourth-order valence-corrected chi connectivity index (χ4v) is 3.85. The van der Waals surface area contributed by atoms with Crippen molar-refractivity contribution in [2.24, 2.45) is 0 Å². The number of hydrogen-bond donors (Lipinski definition) is 0. The number of anilines is 1. The number of Topliss-reactive ketones (excluding diaryl/α,β-unsaturated/α-hetero) is 1. The molecule has 2 aliphatic rings. The molecule has 1 aromatic rings. The number of benzene rings is 1. The van der Waals surface area contributed by atoms with Gasteiger partial charge in [0.15, 0.2) is 5.78 Å². The van der Waals surface area contributed by atoms with E-state index in [9.17, 15) is 4.79 Å². The van der Waals surface area contributed by atoms with Crippen LogP contribution in [0.2, 0.25) is 0 Å². The van der Waals surface area contributed by atoms with Gasteiger partial charge in [0.25, 0.3) is 0 Å². The second kappa shape index (κ2) is 4.89. The molecule has 98 valence electrons. The number of para-hydroxylation sites is 1. The maximum Gasteiger partial charge on any atom is 0.155 e. The van der Waals surface area contributed by atoms with Crippen LogP contribution < -0.4 is 4.90 Å². The van der Waals surface area contributed by atoms with E-state index in [-0.39, 0.29) is 5.78 Å². The molecule has 0 saturated heterocycles. The molecular formula is C16H17NOS. The van der Waals surface area contributed by atoms with Crippen molar-refractivity contribution >= 4 is 23.2 Å². The topological polar surface area (TPSA) is 20.3 Å². The quantitative estimate of drug-likeness (QED) is 0.806. The number of carbonyl (C=O) groups excluding carboxylic acids is 1. The first-order chi connectivity index (χ1) is 9.20. The van der Waals surface area contributed by atoms with E-state index in [1.165, 1.54) is 21.2 Å². The number of likely N-dealkylation sites (N-methyl/N-ethyl adjacent to an activating group) is 1. The lowest BCUT2D eigenvalue weighted by Crippen LogP contribution is -2.27. The molecule has 0 N–H and O–H groups in total. The van der Waals surface area contributed by atoms with Gasteiger partial charge in [-0.2, -0.15) is 0 Å². The van der Waals surface area contributed by atoms with Crippen LogP contribution in [0, 0.1) is 0 Å². The van der Waals surface area contributed by atoms with Gasteiger partial charge in [-0.05, 0) is 50.5 Å². The molecule has 0 radical (unpaired) electrons. The fraction of sp³-hybridized carbons (Fsp3) is 0.312. The summed E-state index contributed by atoms with van der Waals surface area (Å²) < 4.78 is 0. The molecule has 0 spiro atoms. The Balaban J connectivity index is 2.08. The number of rotatable bonds is 2. The van der Waals surface area contributed by atoms with Gasteiger partial charge in [-0.1, -0.05) is 23.9 Å². The van der Waals surface area contributed by atoms with Gasteiger partial charge in [0.05, 0.1) is 11.4 Å². The third-order valence-electron chi connectivity index (χ3n) is 3.67. The highest BCUT2D eigenvalue weighted by Gasteiger charge is 2.26. The first-order valence-electron chi connectivity index (χ1n) is 6.69. The van der Waals surface area contributed by atoms with Gasteiger partial charge in [-0.3, -0.25) is 4.79 Å². The lowest BCUT2D eigenvalue weighted by atomic mass is 9.98. The van der Waals surface area contributed by atoms with Gasteiger partial charge in [-0.15, -0.1) is 0 Å². The summed E-state index contributed by atoms with van der Waals surface area (Å²) in [4.78, 5) is 16.6. The normalized spacial score (nSPS) is 17.8. The monoisotopic (exact) mass is 271 g/mol. The molecule has 1 aromatic carbocycles. The molecule has 0 bridgehead atoms. The van der Waals surface area contributed by atoms with Crippen molar-refractivity contribution in [1.29, 1.82) is 0 Å². The summed E-state index contributed by atoms with van der Waals surface area (Å²) in [6.07, 6.45) is 3.95. The third-order valence-corrected chi connectivity index (χ3v) is 4.89. The van der Waals surface area contributed by atoms with Crippen molar-refractivity contribution in [3.05, 3.63) is 46.5 Å². The van der Waals surface area contributed by atoms with Gasteiger partial charge >= 0.3 is 0 Å². The highest BCUT2D eigenvalue weighted by atomic mass is 32.2. The van der Waals surface area contributed by atoms with Gasteiger partial charge in [0, 0.05) is 16.3 Å². The van der Waals surface area contributed by atoms with Gasteiger partial charge in [0.2, 0.25) is 0 Å². The number of nitrogens with zero attached hydrogens (tertiary/aromatic N) is 1. The zero-order valence-corrected chi connectivity index (χ0v) is 12.1. The van der Waals surface area contributed by atoms with Crippen LogP contribution in [0.25, 0.3) is 0 Å². The summed E-state index contributed by atoms with van der Waals surface area (Å²) >= 11 is 1.86. The summed E-state index contributed by atoms with van der Waals surface area (Å²) in [6.45, 7) is 4.75. The summed E-state index contributed by atoms with van der Waals surface area (Å²) in [6, 6.07) is 8.50. The van der Waals surface area contributed by atoms with Gasteiger partial charge in [-0.25, -0.2) is 0 Å². The first kappa shape index (κ1) is 12.5. The Kier molecular flexibility index (Phi) is 3.23. The fourth-order valence-electron chi connectivity index (χ4n) is 2.67. The van der Waals surface area contributed by atoms with Crippen molar-refractivity contribution < 1.29 is 4.79 Å². The maximum absolute atomic E-state index is 11.6. The SMILES string of the molecule is CCN1C2=C(CCC(C(C)=O)=C2)Sc2ccccc21. The Morgan fingerprint density at radius 1 is 1.32 bits per heavy atom.